The SMILES string of the molecule is CCOC(=O)C(C)(C)c1c[nH]c2ccc(O)cc12. The van der Waals surface area contributed by atoms with Crippen LogP contribution in [-0.2, 0) is 14.9 Å². The van der Waals surface area contributed by atoms with E-state index in [9.17, 15) is 9.90 Å². The lowest BCUT2D eigenvalue weighted by Gasteiger charge is -2.21. The van der Waals surface area contributed by atoms with Gasteiger partial charge in [-0.15, -0.1) is 0 Å². The molecule has 1 heterocycles. The van der Waals surface area contributed by atoms with Gasteiger partial charge in [0, 0.05) is 17.1 Å². The molecular formula is C14H17NO3. The van der Waals surface area contributed by atoms with Gasteiger partial charge in [0.15, 0.2) is 0 Å². The summed E-state index contributed by atoms with van der Waals surface area (Å²) in [6.45, 7) is 5.78. The number of aromatic amines is 1. The minimum Gasteiger partial charge on any atom is -0.508 e. The van der Waals surface area contributed by atoms with Crippen LogP contribution >= 0.6 is 0 Å². The number of rotatable bonds is 3. The maximum absolute atomic E-state index is 12.0. The van der Waals surface area contributed by atoms with Crippen molar-refractivity contribution in [2.75, 3.05) is 6.61 Å². The van der Waals surface area contributed by atoms with Crippen LogP contribution in [0.3, 0.4) is 0 Å². The highest BCUT2D eigenvalue weighted by atomic mass is 16.5. The number of esters is 1. The smallest absolute Gasteiger partial charge is 0.316 e. The third-order valence-corrected chi connectivity index (χ3v) is 3.12. The van der Waals surface area contributed by atoms with Crippen LogP contribution in [0.5, 0.6) is 5.75 Å². The van der Waals surface area contributed by atoms with Gasteiger partial charge in [-0.2, -0.15) is 0 Å². The highest BCUT2D eigenvalue weighted by molar-refractivity contribution is 5.92. The first-order valence-corrected chi connectivity index (χ1v) is 5.94. The van der Waals surface area contributed by atoms with Crippen molar-refractivity contribution >= 4 is 16.9 Å². The number of ether oxygens (including phenoxy) is 1. The fourth-order valence-corrected chi connectivity index (χ4v) is 2.05. The second-order valence-corrected chi connectivity index (χ2v) is 4.78. The number of nitrogens with one attached hydrogen (secondary N) is 1. The molecule has 0 aliphatic rings. The van der Waals surface area contributed by atoms with E-state index in [-0.39, 0.29) is 11.7 Å². The Labute approximate surface area is 106 Å². The molecule has 4 nitrogen and oxygen atoms in total. The standard InChI is InChI=1S/C14H17NO3/c1-4-18-13(17)14(2,3)11-8-15-12-6-5-9(16)7-10(11)12/h5-8,15-16H,4H2,1-3H3. The van der Waals surface area contributed by atoms with Crippen molar-refractivity contribution < 1.29 is 14.6 Å². The number of phenolic OH excluding ortho intramolecular Hbond substituents is 1. The molecule has 0 saturated heterocycles. The molecule has 0 amide bonds. The van der Waals surface area contributed by atoms with Gasteiger partial charge in [0.1, 0.15) is 5.75 Å². The zero-order valence-corrected chi connectivity index (χ0v) is 10.8. The Hall–Kier alpha value is -1.97. The van der Waals surface area contributed by atoms with E-state index in [0.29, 0.717) is 6.61 Å². The van der Waals surface area contributed by atoms with Gasteiger partial charge >= 0.3 is 5.97 Å². The van der Waals surface area contributed by atoms with Crippen molar-refractivity contribution in [1.29, 1.82) is 0 Å². The molecule has 0 aliphatic heterocycles. The fraction of sp³-hybridized carbons (Fsp3) is 0.357. The average Bonchev–Trinajstić information content (AvgIpc) is 2.72. The number of hydrogen-bond acceptors (Lipinski definition) is 3. The highest BCUT2D eigenvalue weighted by Crippen LogP contribution is 2.33. The van der Waals surface area contributed by atoms with Crippen LogP contribution in [0.2, 0.25) is 0 Å². The van der Waals surface area contributed by atoms with Crippen molar-refractivity contribution in [3.63, 3.8) is 0 Å². The first-order valence-electron chi connectivity index (χ1n) is 5.94. The summed E-state index contributed by atoms with van der Waals surface area (Å²) in [6, 6.07) is 5.05. The van der Waals surface area contributed by atoms with Gasteiger partial charge in [-0.25, -0.2) is 0 Å². The van der Waals surface area contributed by atoms with E-state index in [1.165, 1.54) is 0 Å². The van der Waals surface area contributed by atoms with Gasteiger partial charge in [-0.1, -0.05) is 0 Å². The Bertz CT molecular complexity index is 584. The topological polar surface area (TPSA) is 62.3 Å². The lowest BCUT2D eigenvalue weighted by atomic mass is 9.84. The molecule has 18 heavy (non-hydrogen) atoms. The maximum atomic E-state index is 12.0. The quantitative estimate of drug-likeness (QED) is 0.820. The van der Waals surface area contributed by atoms with Gasteiger partial charge in [0.2, 0.25) is 0 Å². The Morgan fingerprint density at radius 3 is 2.83 bits per heavy atom. The molecule has 0 unspecified atom stereocenters. The molecule has 2 N–H and O–H groups in total. The Morgan fingerprint density at radius 2 is 2.17 bits per heavy atom. The van der Waals surface area contributed by atoms with Gasteiger partial charge in [0.05, 0.1) is 12.0 Å². The predicted octanol–water partition coefficient (Wildman–Crippen LogP) is 2.71. The largest absolute Gasteiger partial charge is 0.508 e. The lowest BCUT2D eigenvalue weighted by molar-refractivity contribution is -0.148. The Morgan fingerprint density at radius 1 is 1.44 bits per heavy atom. The van der Waals surface area contributed by atoms with Crippen LogP contribution in [0.1, 0.15) is 26.3 Å². The predicted molar refractivity (Wildman–Crippen MR) is 69.6 cm³/mol. The molecule has 2 aromatic rings. The van der Waals surface area contributed by atoms with Crippen LogP contribution in [0.25, 0.3) is 10.9 Å². The second kappa shape index (κ2) is 4.37. The maximum Gasteiger partial charge on any atom is 0.316 e. The van der Waals surface area contributed by atoms with Crippen molar-refractivity contribution in [3.8, 4) is 5.75 Å². The zero-order chi connectivity index (χ0) is 13.3. The molecule has 0 aliphatic carbocycles. The van der Waals surface area contributed by atoms with Gasteiger partial charge in [0.25, 0.3) is 0 Å². The summed E-state index contributed by atoms with van der Waals surface area (Å²) in [5.74, 6) is -0.0859. The summed E-state index contributed by atoms with van der Waals surface area (Å²) in [4.78, 5) is 15.1. The number of hydrogen-bond donors (Lipinski definition) is 2. The van der Waals surface area contributed by atoms with Crippen LogP contribution in [0, 0.1) is 0 Å². The van der Waals surface area contributed by atoms with E-state index in [2.05, 4.69) is 4.98 Å². The monoisotopic (exact) mass is 247 g/mol. The van der Waals surface area contributed by atoms with E-state index in [0.717, 1.165) is 16.5 Å². The van der Waals surface area contributed by atoms with Crippen LogP contribution in [-0.4, -0.2) is 22.7 Å². The second-order valence-electron chi connectivity index (χ2n) is 4.78. The molecule has 0 bridgehead atoms. The number of benzene rings is 1. The summed E-state index contributed by atoms with van der Waals surface area (Å²) < 4.78 is 5.09. The summed E-state index contributed by atoms with van der Waals surface area (Å²) in [6.07, 6.45) is 1.79. The number of phenols is 1. The first kappa shape index (κ1) is 12.5. The minimum absolute atomic E-state index is 0.183. The minimum atomic E-state index is -0.748. The van der Waals surface area contributed by atoms with E-state index in [4.69, 9.17) is 4.74 Å². The number of aromatic nitrogens is 1. The highest BCUT2D eigenvalue weighted by Gasteiger charge is 2.33. The van der Waals surface area contributed by atoms with Crippen LogP contribution in [0.15, 0.2) is 24.4 Å². The molecule has 0 fully saturated rings. The third-order valence-electron chi connectivity index (χ3n) is 3.12. The number of fused-ring (bicyclic) bond motifs is 1. The summed E-state index contributed by atoms with van der Waals surface area (Å²) in [7, 11) is 0. The molecule has 96 valence electrons. The molecule has 0 saturated carbocycles. The zero-order valence-electron chi connectivity index (χ0n) is 10.8. The van der Waals surface area contributed by atoms with Gasteiger partial charge < -0.3 is 14.8 Å². The molecule has 0 atom stereocenters. The van der Waals surface area contributed by atoms with Crippen molar-refractivity contribution in [3.05, 3.63) is 30.0 Å². The van der Waals surface area contributed by atoms with E-state index in [1.807, 2.05) is 13.8 Å². The van der Waals surface area contributed by atoms with Crippen molar-refractivity contribution in [1.82, 2.24) is 4.98 Å². The number of carbonyl (C=O) groups is 1. The molecule has 4 heteroatoms. The number of H-pyrrole nitrogens is 1. The number of aromatic hydroxyl groups is 1. The Kier molecular flexibility index (Phi) is 3.03. The van der Waals surface area contributed by atoms with Crippen LogP contribution in [0.4, 0.5) is 0 Å². The van der Waals surface area contributed by atoms with Gasteiger partial charge in [-0.3, -0.25) is 4.79 Å². The summed E-state index contributed by atoms with van der Waals surface area (Å²) in [5, 5.41) is 10.4. The normalized spacial score (nSPS) is 11.7. The van der Waals surface area contributed by atoms with Gasteiger partial charge in [-0.05, 0) is 44.5 Å². The first-order chi connectivity index (χ1) is 8.46. The third kappa shape index (κ3) is 1.94. The molecule has 1 aromatic carbocycles. The Balaban J connectivity index is 2.53. The van der Waals surface area contributed by atoms with E-state index in [1.54, 1.807) is 31.3 Å². The fourth-order valence-electron chi connectivity index (χ4n) is 2.05. The molecule has 1 aromatic heterocycles. The van der Waals surface area contributed by atoms with E-state index >= 15 is 0 Å². The molecular weight excluding hydrogens is 230 g/mol. The molecule has 0 spiro atoms. The summed E-state index contributed by atoms with van der Waals surface area (Å²) in [5.41, 5.74) is 0.967. The van der Waals surface area contributed by atoms with E-state index < -0.39 is 5.41 Å². The average molecular weight is 247 g/mol. The van der Waals surface area contributed by atoms with Crippen molar-refractivity contribution in [2.45, 2.75) is 26.2 Å². The summed E-state index contributed by atoms with van der Waals surface area (Å²) >= 11 is 0. The molecule has 0 radical (unpaired) electrons. The molecule has 2 rings (SSSR count). The number of carbonyl (C=O) groups excluding carboxylic acids is 1. The van der Waals surface area contributed by atoms with Crippen molar-refractivity contribution in [2.24, 2.45) is 0 Å². The lowest BCUT2D eigenvalue weighted by Crippen LogP contribution is -2.30. The van der Waals surface area contributed by atoms with Crippen LogP contribution < -0.4 is 0 Å².